The van der Waals surface area contributed by atoms with Crippen LogP contribution in [0, 0.1) is 6.92 Å². The highest BCUT2D eigenvalue weighted by molar-refractivity contribution is 5.89. The molecule has 0 bridgehead atoms. The molecule has 0 radical (unpaired) electrons. The van der Waals surface area contributed by atoms with Gasteiger partial charge in [-0.3, -0.25) is 9.69 Å². The van der Waals surface area contributed by atoms with Crippen molar-refractivity contribution in [1.82, 2.24) is 19.9 Å². The summed E-state index contributed by atoms with van der Waals surface area (Å²) in [6.45, 7) is 5.91. The van der Waals surface area contributed by atoms with Gasteiger partial charge in [0.05, 0.1) is 0 Å². The van der Waals surface area contributed by atoms with Gasteiger partial charge >= 0.3 is 0 Å². The summed E-state index contributed by atoms with van der Waals surface area (Å²) in [6.07, 6.45) is 5.98. The number of piperazine rings is 1. The molecule has 2 aliphatic heterocycles. The van der Waals surface area contributed by atoms with Crippen LogP contribution in [0.3, 0.4) is 0 Å². The first kappa shape index (κ1) is 12.8. The standard InChI is InChI=1S/C15H19N5O/c1-10-16-7-11-8-17-15(21)14(13(11)18-10)20-6-5-19-4-2-3-12(19)9-20/h7-8,12H,2-6,9H2,1H3,(H,17,21)/t12-/m1/s1. The van der Waals surface area contributed by atoms with Gasteiger partial charge in [0, 0.05) is 43.5 Å². The highest BCUT2D eigenvalue weighted by atomic mass is 16.1. The Morgan fingerprint density at radius 2 is 2.24 bits per heavy atom. The van der Waals surface area contributed by atoms with Crippen molar-refractivity contribution >= 4 is 16.6 Å². The fourth-order valence-corrected chi connectivity index (χ4v) is 3.58. The lowest BCUT2D eigenvalue weighted by molar-refractivity contribution is 0.231. The fourth-order valence-electron chi connectivity index (χ4n) is 3.58. The van der Waals surface area contributed by atoms with E-state index < -0.39 is 0 Å². The molecule has 4 heterocycles. The van der Waals surface area contributed by atoms with E-state index in [1.165, 1.54) is 19.4 Å². The van der Waals surface area contributed by atoms with Gasteiger partial charge in [-0.2, -0.15) is 0 Å². The van der Waals surface area contributed by atoms with E-state index in [1.807, 2.05) is 6.92 Å². The van der Waals surface area contributed by atoms with Crippen LogP contribution >= 0.6 is 0 Å². The predicted molar refractivity (Wildman–Crippen MR) is 81.7 cm³/mol. The molecule has 0 aromatic carbocycles. The molecule has 0 amide bonds. The lowest BCUT2D eigenvalue weighted by Gasteiger charge is -2.38. The number of nitrogens with one attached hydrogen (secondary N) is 1. The van der Waals surface area contributed by atoms with E-state index in [4.69, 9.17) is 0 Å². The zero-order chi connectivity index (χ0) is 14.4. The molecular weight excluding hydrogens is 266 g/mol. The second kappa shape index (κ2) is 4.80. The summed E-state index contributed by atoms with van der Waals surface area (Å²) in [6, 6.07) is 0.580. The Labute approximate surface area is 122 Å². The molecule has 110 valence electrons. The molecule has 2 aromatic rings. The van der Waals surface area contributed by atoms with E-state index in [2.05, 4.69) is 24.8 Å². The quantitative estimate of drug-likeness (QED) is 0.843. The molecule has 6 nitrogen and oxygen atoms in total. The minimum absolute atomic E-state index is 0.0490. The minimum atomic E-state index is -0.0490. The molecule has 0 spiro atoms. The van der Waals surface area contributed by atoms with Crippen LogP contribution in [0.5, 0.6) is 0 Å². The van der Waals surface area contributed by atoms with Crippen molar-refractivity contribution in [2.75, 3.05) is 31.1 Å². The Hall–Kier alpha value is -1.95. The first-order chi connectivity index (χ1) is 10.2. The topological polar surface area (TPSA) is 65.1 Å². The Balaban J connectivity index is 1.80. The maximum Gasteiger partial charge on any atom is 0.273 e. The minimum Gasteiger partial charge on any atom is -0.362 e. The van der Waals surface area contributed by atoms with Gasteiger partial charge in [0.25, 0.3) is 5.56 Å². The number of pyridine rings is 1. The zero-order valence-corrected chi connectivity index (χ0v) is 12.2. The van der Waals surface area contributed by atoms with Crippen molar-refractivity contribution in [2.45, 2.75) is 25.8 Å². The van der Waals surface area contributed by atoms with E-state index in [9.17, 15) is 4.79 Å². The summed E-state index contributed by atoms with van der Waals surface area (Å²) >= 11 is 0. The fraction of sp³-hybridized carbons (Fsp3) is 0.533. The average molecular weight is 285 g/mol. The van der Waals surface area contributed by atoms with Crippen LogP contribution in [-0.4, -0.2) is 52.1 Å². The number of H-pyrrole nitrogens is 1. The van der Waals surface area contributed by atoms with E-state index in [-0.39, 0.29) is 5.56 Å². The van der Waals surface area contributed by atoms with Gasteiger partial charge in [-0.1, -0.05) is 0 Å². The molecule has 2 fully saturated rings. The molecular formula is C15H19N5O. The molecule has 4 rings (SSSR count). The van der Waals surface area contributed by atoms with Gasteiger partial charge in [0.1, 0.15) is 17.0 Å². The summed E-state index contributed by atoms with van der Waals surface area (Å²) in [7, 11) is 0. The van der Waals surface area contributed by atoms with E-state index in [0.29, 0.717) is 17.6 Å². The van der Waals surface area contributed by atoms with E-state index in [1.54, 1.807) is 12.4 Å². The van der Waals surface area contributed by atoms with Crippen molar-refractivity contribution in [3.63, 3.8) is 0 Å². The van der Waals surface area contributed by atoms with Crippen LogP contribution in [0.2, 0.25) is 0 Å². The molecule has 0 aliphatic carbocycles. The number of anilines is 1. The van der Waals surface area contributed by atoms with Gasteiger partial charge < -0.3 is 9.88 Å². The maximum absolute atomic E-state index is 12.4. The van der Waals surface area contributed by atoms with Gasteiger partial charge in [-0.15, -0.1) is 0 Å². The number of aryl methyl sites for hydroxylation is 1. The molecule has 2 aliphatic rings. The highest BCUT2D eigenvalue weighted by Gasteiger charge is 2.32. The van der Waals surface area contributed by atoms with Crippen molar-refractivity contribution in [2.24, 2.45) is 0 Å². The summed E-state index contributed by atoms with van der Waals surface area (Å²) in [5, 5.41) is 0.893. The lowest BCUT2D eigenvalue weighted by atomic mass is 10.1. The second-order valence-corrected chi connectivity index (χ2v) is 5.97. The SMILES string of the molecule is Cc1ncc2c[nH]c(=O)c(N3CCN4CCC[C@@H]4C3)c2n1. The number of aromatic nitrogens is 3. The second-order valence-electron chi connectivity index (χ2n) is 5.97. The normalized spacial score (nSPS) is 22.7. The third-order valence-electron chi connectivity index (χ3n) is 4.64. The largest absolute Gasteiger partial charge is 0.362 e. The Morgan fingerprint density at radius 3 is 3.14 bits per heavy atom. The Morgan fingerprint density at radius 1 is 1.33 bits per heavy atom. The Kier molecular flexibility index (Phi) is 2.92. The zero-order valence-electron chi connectivity index (χ0n) is 12.2. The number of rotatable bonds is 1. The van der Waals surface area contributed by atoms with Crippen LogP contribution in [0.4, 0.5) is 5.69 Å². The van der Waals surface area contributed by atoms with Crippen molar-refractivity contribution < 1.29 is 0 Å². The third kappa shape index (κ3) is 2.10. The number of fused-ring (bicyclic) bond motifs is 2. The average Bonchev–Trinajstić information content (AvgIpc) is 2.94. The molecule has 1 atom stereocenters. The van der Waals surface area contributed by atoms with E-state index >= 15 is 0 Å². The smallest absolute Gasteiger partial charge is 0.273 e. The predicted octanol–water partition coefficient (Wildman–Crippen LogP) is 0.911. The monoisotopic (exact) mass is 285 g/mol. The van der Waals surface area contributed by atoms with Crippen LogP contribution in [-0.2, 0) is 0 Å². The van der Waals surface area contributed by atoms with Crippen molar-refractivity contribution in [3.8, 4) is 0 Å². The van der Waals surface area contributed by atoms with Crippen molar-refractivity contribution in [3.05, 3.63) is 28.6 Å². The van der Waals surface area contributed by atoms with Crippen LogP contribution in [0.15, 0.2) is 17.2 Å². The lowest BCUT2D eigenvalue weighted by Crippen LogP contribution is -2.51. The third-order valence-corrected chi connectivity index (χ3v) is 4.64. The number of aromatic amines is 1. The van der Waals surface area contributed by atoms with Gasteiger partial charge in [-0.05, 0) is 26.3 Å². The molecule has 6 heteroatoms. The van der Waals surface area contributed by atoms with Gasteiger partial charge in [-0.25, -0.2) is 9.97 Å². The number of hydrogen-bond donors (Lipinski definition) is 1. The van der Waals surface area contributed by atoms with Gasteiger partial charge in [0.2, 0.25) is 0 Å². The van der Waals surface area contributed by atoms with E-state index in [0.717, 1.165) is 30.5 Å². The molecule has 21 heavy (non-hydrogen) atoms. The molecule has 0 unspecified atom stereocenters. The maximum atomic E-state index is 12.4. The highest BCUT2D eigenvalue weighted by Crippen LogP contribution is 2.26. The first-order valence-corrected chi connectivity index (χ1v) is 7.56. The Bertz CT molecular complexity index is 740. The number of nitrogens with zero attached hydrogens (tertiary/aromatic N) is 4. The summed E-state index contributed by atoms with van der Waals surface area (Å²) < 4.78 is 0. The van der Waals surface area contributed by atoms with Crippen LogP contribution in [0.1, 0.15) is 18.7 Å². The molecule has 2 saturated heterocycles. The molecule has 1 N–H and O–H groups in total. The molecule has 0 saturated carbocycles. The van der Waals surface area contributed by atoms with Crippen molar-refractivity contribution in [1.29, 1.82) is 0 Å². The summed E-state index contributed by atoms with van der Waals surface area (Å²) in [5.74, 6) is 0.703. The van der Waals surface area contributed by atoms with Crippen LogP contribution in [0.25, 0.3) is 10.9 Å². The van der Waals surface area contributed by atoms with Gasteiger partial charge in [0.15, 0.2) is 0 Å². The summed E-state index contributed by atoms with van der Waals surface area (Å²) in [5.41, 5.74) is 1.44. The summed E-state index contributed by atoms with van der Waals surface area (Å²) in [4.78, 5) is 28.7. The first-order valence-electron chi connectivity index (χ1n) is 7.56. The van der Waals surface area contributed by atoms with Crippen LogP contribution < -0.4 is 10.5 Å². The number of hydrogen-bond acceptors (Lipinski definition) is 5. The molecule has 2 aromatic heterocycles.